The van der Waals surface area contributed by atoms with Gasteiger partial charge in [-0.15, -0.1) is 24.0 Å². The summed E-state index contributed by atoms with van der Waals surface area (Å²) in [4.78, 5) is 4.19. The summed E-state index contributed by atoms with van der Waals surface area (Å²) < 4.78 is 18.8. The molecule has 5 nitrogen and oxygen atoms in total. The van der Waals surface area contributed by atoms with E-state index < -0.39 is 5.82 Å². The van der Waals surface area contributed by atoms with Crippen LogP contribution in [0, 0.1) is 12.7 Å². The van der Waals surface area contributed by atoms with E-state index in [9.17, 15) is 4.39 Å². The SMILES string of the molecule is CN=C(NCCc1cc(C)ccc1OC)NCc1ccc(F)c(CO)c1.I. The van der Waals surface area contributed by atoms with E-state index in [0.717, 1.165) is 23.3 Å². The Bertz CT molecular complexity index is 769. The van der Waals surface area contributed by atoms with Crippen LogP contribution >= 0.6 is 24.0 Å². The number of hydrogen-bond donors (Lipinski definition) is 3. The minimum atomic E-state index is -0.397. The van der Waals surface area contributed by atoms with E-state index >= 15 is 0 Å². The average molecular weight is 487 g/mol. The molecule has 0 fully saturated rings. The standard InChI is InChI=1S/C20H26FN3O2.HI/c1-14-4-7-19(26-3)16(10-14)8-9-23-20(22-2)24-12-15-5-6-18(21)17(11-15)13-25;/h4-7,10-11,25H,8-9,12-13H2,1-3H3,(H2,22,23,24);1H. The molecule has 0 atom stereocenters. The van der Waals surface area contributed by atoms with Gasteiger partial charge in [-0.25, -0.2) is 4.39 Å². The van der Waals surface area contributed by atoms with E-state index in [0.29, 0.717) is 24.6 Å². The number of hydrogen-bond acceptors (Lipinski definition) is 3. The maximum atomic E-state index is 13.4. The zero-order chi connectivity index (χ0) is 18.9. The number of aliphatic imine (C=N–C) groups is 1. The van der Waals surface area contributed by atoms with Crippen LogP contribution in [0.4, 0.5) is 4.39 Å². The smallest absolute Gasteiger partial charge is 0.191 e. The molecule has 0 aliphatic carbocycles. The predicted molar refractivity (Wildman–Crippen MR) is 117 cm³/mol. The van der Waals surface area contributed by atoms with Crippen molar-refractivity contribution in [3.8, 4) is 5.75 Å². The summed E-state index contributed by atoms with van der Waals surface area (Å²) in [7, 11) is 3.37. The molecule has 0 spiro atoms. The van der Waals surface area contributed by atoms with Crippen molar-refractivity contribution < 1.29 is 14.2 Å². The van der Waals surface area contributed by atoms with Crippen LogP contribution in [0.1, 0.15) is 22.3 Å². The second-order valence-electron chi connectivity index (χ2n) is 6.00. The van der Waals surface area contributed by atoms with Gasteiger partial charge in [0, 0.05) is 25.7 Å². The lowest BCUT2D eigenvalue weighted by Gasteiger charge is -2.14. The van der Waals surface area contributed by atoms with Gasteiger partial charge < -0.3 is 20.5 Å². The summed E-state index contributed by atoms with van der Waals surface area (Å²) in [5, 5.41) is 15.6. The Hall–Kier alpha value is -1.87. The van der Waals surface area contributed by atoms with Crippen LogP contribution in [-0.4, -0.2) is 31.8 Å². The Morgan fingerprint density at radius 1 is 1.15 bits per heavy atom. The number of guanidine groups is 1. The summed E-state index contributed by atoms with van der Waals surface area (Å²) in [6.07, 6.45) is 0.802. The Morgan fingerprint density at radius 2 is 1.93 bits per heavy atom. The second-order valence-corrected chi connectivity index (χ2v) is 6.00. The number of benzene rings is 2. The highest BCUT2D eigenvalue weighted by molar-refractivity contribution is 14.0. The zero-order valence-electron chi connectivity index (χ0n) is 15.9. The lowest BCUT2D eigenvalue weighted by Crippen LogP contribution is -2.37. The first-order valence-electron chi connectivity index (χ1n) is 8.53. The number of halogens is 2. The molecule has 7 heteroatoms. The van der Waals surface area contributed by atoms with Gasteiger partial charge in [0.15, 0.2) is 5.96 Å². The van der Waals surface area contributed by atoms with Gasteiger partial charge >= 0.3 is 0 Å². The molecule has 27 heavy (non-hydrogen) atoms. The fraction of sp³-hybridized carbons (Fsp3) is 0.350. The minimum absolute atomic E-state index is 0. The molecular formula is C20H27FIN3O2. The van der Waals surface area contributed by atoms with Crippen LogP contribution in [0.2, 0.25) is 0 Å². The number of ether oxygens (including phenoxy) is 1. The van der Waals surface area contributed by atoms with Gasteiger partial charge in [0.25, 0.3) is 0 Å². The van der Waals surface area contributed by atoms with Gasteiger partial charge in [-0.1, -0.05) is 23.8 Å². The van der Waals surface area contributed by atoms with E-state index in [2.05, 4.69) is 28.6 Å². The highest BCUT2D eigenvalue weighted by Crippen LogP contribution is 2.19. The molecule has 0 unspecified atom stereocenters. The maximum Gasteiger partial charge on any atom is 0.191 e. The van der Waals surface area contributed by atoms with Gasteiger partial charge in [-0.2, -0.15) is 0 Å². The minimum Gasteiger partial charge on any atom is -0.496 e. The lowest BCUT2D eigenvalue weighted by molar-refractivity contribution is 0.275. The summed E-state index contributed by atoms with van der Waals surface area (Å²) in [5.74, 6) is 1.14. The first-order valence-corrected chi connectivity index (χ1v) is 8.53. The normalized spacial score (nSPS) is 10.9. The van der Waals surface area contributed by atoms with E-state index in [1.807, 2.05) is 12.1 Å². The summed E-state index contributed by atoms with van der Waals surface area (Å²) >= 11 is 0. The molecule has 3 N–H and O–H groups in total. The van der Waals surface area contributed by atoms with Crippen LogP contribution < -0.4 is 15.4 Å². The monoisotopic (exact) mass is 487 g/mol. The number of aliphatic hydroxyl groups is 1. The fourth-order valence-corrected chi connectivity index (χ4v) is 2.68. The number of methoxy groups -OCH3 is 1. The Morgan fingerprint density at radius 3 is 2.59 bits per heavy atom. The highest BCUT2D eigenvalue weighted by atomic mass is 127. The molecule has 0 saturated heterocycles. The van der Waals surface area contributed by atoms with Crippen LogP contribution in [0.15, 0.2) is 41.4 Å². The van der Waals surface area contributed by atoms with E-state index in [1.54, 1.807) is 26.3 Å². The van der Waals surface area contributed by atoms with Crippen molar-refractivity contribution >= 4 is 29.9 Å². The first-order chi connectivity index (χ1) is 12.6. The van der Waals surface area contributed by atoms with Gasteiger partial charge in [0.05, 0.1) is 13.7 Å². The predicted octanol–water partition coefficient (Wildman–Crippen LogP) is 3.16. The molecular weight excluding hydrogens is 460 g/mol. The number of nitrogens with zero attached hydrogens (tertiary/aromatic N) is 1. The topological polar surface area (TPSA) is 65.9 Å². The quantitative estimate of drug-likeness (QED) is 0.319. The largest absolute Gasteiger partial charge is 0.496 e. The molecule has 0 bridgehead atoms. The van der Waals surface area contributed by atoms with Crippen molar-refractivity contribution in [2.45, 2.75) is 26.5 Å². The molecule has 0 radical (unpaired) electrons. The van der Waals surface area contributed by atoms with Crippen molar-refractivity contribution in [3.63, 3.8) is 0 Å². The molecule has 2 aromatic rings. The number of aryl methyl sites for hydroxylation is 1. The number of rotatable bonds is 7. The molecule has 0 heterocycles. The number of nitrogens with one attached hydrogen (secondary N) is 2. The van der Waals surface area contributed by atoms with E-state index in [1.165, 1.54) is 11.6 Å². The second kappa shape index (κ2) is 11.8. The van der Waals surface area contributed by atoms with Gasteiger partial charge in [-0.05, 0) is 42.7 Å². The third kappa shape index (κ3) is 6.99. The van der Waals surface area contributed by atoms with Crippen LogP contribution in [0.3, 0.4) is 0 Å². The summed E-state index contributed by atoms with van der Waals surface area (Å²) in [5.41, 5.74) is 3.50. The van der Waals surface area contributed by atoms with Crippen LogP contribution in [-0.2, 0) is 19.6 Å². The van der Waals surface area contributed by atoms with Crippen molar-refractivity contribution in [2.75, 3.05) is 20.7 Å². The van der Waals surface area contributed by atoms with Crippen molar-refractivity contribution in [2.24, 2.45) is 4.99 Å². The molecule has 0 saturated carbocycles. The van der Waals surface area contributed by atoms with E-state index in [4.69, 9.17) is 9.84 Å². The molecule has 2 rings (SSSR count). The molecule has 0 aromatic heterocycles. The highest BCUT2D eigenvalue weighted by Gasteiger charge is 2.06. The van der Waals surface area contributed by atoms with Gasteiger partial charge in [0.2, 0.25) is 0 Å². The van der Waals surface area contributed by atoms with E-state index in [-0.39, 0.29) is 30.6 Å². The van der Waals surface area contributed by atoms with Gasteiger partial charge in [-0.3, -0.25) is 4.99 Å². The molecule has 0 amide bonds. The Balaban J connectivity index is 0.00000364. The Labute approximate surface area is 177 Å². The first kappa shape index (κ1) is 23.2. The zero-order valence-corrected chi connectivity index (χ0v) is 18.2. The maximum absolute atomic E-state index is 13.4. The van der Waals surface area contributed by atoms with Crippen molar-refractivity contribution in [1.29, 1.82) is 0 Å². The van der Waals surface area contributed by atoms with Crippen molar-refractivity contribution in [3.05, 3.63) is 64.5 Å². The molecule has 0 aliphatic heterocycles. The third-order valence-electron chi connectivity index (χ3n) is 4.09. The third-order valence-corrected chi connectivity index (χ3v) is 4.09. The van der Waals surface area contributed by atoms with Crippen LogP contribution in [0.5, 0.6) is 5.75 Å². The van der Waals surface area contributed by atoms with Gasteiger partial charge in [0.1, 0.15) is 11.6 Å². The lowest BCUT2D eigenvalue weighted by atomic mass is 10.1. The van der Waals surface area contributed by atoms with Crippen molar-refractivity contribution in [1.82, 2.24) is 10.6 Å². The van der Waals surface area contributed by atoms with Crippen LogP contribution in [0.25, 0.3) is 0 Å². The molecule has 2 aromatic carbocycles. The molecule has 148 valence electrons. The average Bonchev–Trinajstić information content (AvgIpc) is 2.65. The summed E-state index contributed by atoms with van der Waals surface area (Å²) in [6.45, 7) is 2.93. The fourth-order valence-electron chi connectivity index (χ4n) is 2.68. The molecule has 0 aliphatic rings. The summed E-state index contributed by atoms with van der Waals surface area (Å²) in [6, 6.07) is 10.8. The number of aliphatic hydroxyl groups excluding tert-OH is 1. The Kier molecular flexibility index (Phi) is 10.1.